The van der Waals surface area contributed by atoms with E-state index in [1.54, 1.807) is 31.2 Å². The van der Waals surface area contributed by atoms with Crippen LogP contribution in [0.1, 0.15) is 38.1 Å². The van der Waals surface area contributed by atoms with Crippen LogP contribution in [0.15, 0.2) is 60.7 Å². The second-order valence-electron chi connectivity index (χ2n) is 6.49. The lowest BCUT2D eigenvalue weighted by atomic mass is 10.1. The standard InChI is InChI=1S/C23H22N2O4S2/c1-3-29-22(27)19-14-18(13-15-7-5-4-6-8-15)31-20(19)25-23(30)24-17-11-9-16(10-12-17)21(26)28-2/h4-12,14H,3,13H2,1-2H3,(H2,24,25,30). The molecule has 8 heteroatoms. The number of hydrogen-bond donors (Lipinski definition) is 2. The van der Waals surface area contributed by atoms with Gasteiger partial charge in [0, 0.05) is 17.0 Å². The van der Waals surface area contributed by atoms with Crippen molar-refractivity contribution in [2.45, 2.75) is 13.3 Å². The van der Waals surface area contributed by atoms with Gasteiger partial charge in [-0.05, 0) is 55.0 Å². The average molecular weight is 455 g/mol. The van der Waals surface area contributed by atoms with Gasteiger partial charge >= 0.3 is 11.9 Å². The molecule has 0 radical (unpaired) electrons. The summed E-state index contributed by atoms with van der Waals surface area (Å²) >= 11 is 6.87. The molecule has 1 aromatic heterocycles. The molecule has 1 heterocycles. The first kappa shape index (κ1) is 22.5. The van der Waals surface area contributed by atoms with Crippen molar-refractivity contribution in [1.82, 2.24) is 0 Å². The number of anilines is 2. The van der Waals surface area contributed by atoms with Crippen molar-refractivity contribution in [2.75, 3.05) is 24.4 Å². The largest absolute Gasteiger partial charge is 0.465 e. The normalized spacial score (nSPS) is 10.3. The van der Waals surface area contributed by atoms with Gasteiger partial charge in [0.05, 0.1) is 24.8 Å². The molecule has 31 heavy (non-hydrogen) atoms. The van der Waals surface area contributed by atoms with E-state index in [9.17, 15) is 9.59 Å². The predicted octanol–water partition coefficient (Wildman–Crippen LogP) is 5.11. The lowest BCUT2D eigenvalue weighted by molar-refractivity contribution is 0.0527. The number of carbonyl (C=O) groups excluding carboxylic acids is 2. The number of esters is 2. The maximum absolute atomic E-state index is 12.4. The van der Waals surface area contributed by atoms with Crippen molar-refractivity contribution in [3.05, 3.63) is 82.2 Å². The van der Waals surface area contributed by atoms with Gasteiger partial charge in [0.15, 0.2) is 5.11 Å². The van der Waals surface area contributed by atoms with Gasteiger partial charge in [-0.2, -0.15) is 0 Å². The van der Waals surface area contributed by atoms with E-state index in [1.807, 2.05) is 36.4 Å². The van der Waals surface area contributed by atoms with E-state index in [0.717, 1.165) is 10.4 Å². The lowest BCUT2D eigenvalue weighted by Gasteiger charge is -2.11. The second-order valence-corrected chi connectivity index (χ2v) is 8.03. The smallest absolute Gasteiger partial charge is 0.341 e. The van der Waals surface area contributed by atoms with Crippen molar-refractivity contribution < 1.29 is 19.1 Å². The highest BCUT2D eigenvalue weighted by molar-refractivity contribution is 7.80. The van der Waals surface area contributed by atoms with Crippen LogP contribution in [0.5, 0.6) is 0 Å². The molecule has 0 amide bonds. The Bertz CT molecular complexity index is 1060. The molecule has 160 valence electrons. The molecule has 0 spiro atoms. The number of carbonyl (C=O) groups is 2. The van der Waals surface area contributed by atoms with Crippen LogP contribution in [0.25, 0.3) is 0 Å². The molecule has 0 unspecified atom stereocenters. The monoisotopic (exact) mass is 454 g/mol. The summed E-state index contributed by atoms with van der Waals surface area (Å²) in [6.07, 6.45) is 0.703. The number of nitrogens with one attached hydrogen (secondary N) is 2. The van der Waals surface area contributed by atoms with Crippen molar-refractivity contribution in [3.63, 3.8) is 0 Å². The zero-order chi connectivity index (χ0) is 22.2. The summed E-state index contributed by atoms with van der Waals surface area (Å²) in [6.45, 7) is 2.06. The zero-order valence-electron chi connectivity index (χ0n) is 17.1. The molecule has 0 aliphatic heterocycles. The maximum atomic E-state index is 12.4. The predicted molar refractivity (Wildman–Crippen MR) is 127 cm³/mol. The first-order valence-electron chi connectivity index (χ1n) is 9.60. The van der Waals surface area contributed by atoms with Gasteiger partial charge in [0.25, 0.3) is 0 Å². The highest BCUT2D eigenvalue weighted by atomic mass is 32.1. The summed E-state index contributed by atoms with van der Waals surface area (Å²) in [5.41, 5.74) is 2.74. The number of rotatable bonds is 7. The Kier molecular flexibility index (Phi) is 7.75. The van der Waals surface area contributed by atoms with Gasteiger partial charge in [-0.1, -0.05) is 30.3 Å². The minimum absolute atomic E-state index is 0.289. The van der Waals surface area contributed by atoms with Crippen LogP contribution in [0.2, 0.25) is 0 Å². The Morgan fingerprint density at radius 3 is 2.35 bits per heavy atom. The number of ether oxygens (including phenoxy) is 2. The average Bonchev–Trinajstić information content (AvgIpc) is 3.16. The van der Waals surface area contributed by atoms with Crippen molar-refractivity contribution >= 4 is 51.3 Å². The third kappa shape index (κ3) is 6.13. The minimum Gasteiger partial charge on any atom is -0.465 e. The summed E-state index contributed by atoms with van der Waals surface area (Å²) < 4.78 is 9.90. The van der Waals surface area contributed by atoms with Crippen LogP contribution in [-0.4, -0.2) is 30.8 Å². The first-order chi connectivity index (χ1) is 15.0. The molecular formula is C23H22N2O4S2. The van der Waals surface area contributed by atoms with Crippen LogP contribution in [0.4, 0.5) is 10.7 Å². The van der Waals surface area contributed by atoms with Gasteiger partial charge in [0.2, 0.25) is 0 Å². The molecule has 0 aliphatic carbocycles. The van der Waals surface area contributed by atoms with Crippen LogP contribution in [0.3, 0.4) is 0 Å². The first-order valence-corrected chi connectivity index (χ1v) is 10.8. The third-order valence-corrected chi connectivity index (χ3v) is 5.55. The van der Waals surface area contributed by atoms with Gasteiger partial charge in [-0.25, -0.2) is 9.59 Å². The molecule has 0 fully saturated rings. The highest BCUT2D eigenvalue weighted by Gasteiger charge is 2.18. The Morgan fingerprint density at radius 2 is 1.71 bits per heavy atom. The summed E-state index contributed by atoms with van der Waals surface area (Å²) in [4.78, 5) is 25.0. The van der Waals surface area contributed by atoms with E-state index in [-0.39, 0.29) is 6.61 Å². The van der Waals surface area contributed by atoms with E-state index in [2.05, 4.69) is 10.6 Å². The SMILES string of the molecule is CCOC(=O)c1cc(Cc2ccccc2)sc1NC(=S)Nc1ccc(C(=O)OC)cc1. The van der Waals surface area contributed by atoms with Gasteiger partial charge in [-0.15, -0.1) is 11.3 Å². The summed E-state index contributed by atoms with van der Waals surface area (Å²) in [6, 6.07) is 18.6. The minimum atomic E-state index is -0.407. The van der Waals surface area contributed by atoms with Crippen LogP contribution >= 0.6 is 23.6 Å². The van der Waals surface area contributed by atoms with Crippen molar-refractivity contribution in [3.8, 4) is 0 Å². The number of thiophene rings is 1. The molecule has 0 saturated carbocycles. The third-order valence-electron chi connectivity index (χ3n) is 4.29. The summed E-state index contributed by atoms with van der Waals surface area (Å²) in [5.74, 6) is -0.804. The van der Waals surface area contributed by atoms with Crippen molar-refractivity contribution in [1.29, 1.82) is 0 Å². The van der Waals surface area contributed by atoms with Crippen LogP contribution in [0, 0.1) is 0 Å². The number of hydrogen-bond acceptors (Lipinski definition) is 6. The molecular weight excluding hydrogens is 432 g/mol. The molecule has 0 aliphatic rings. The Balaban J connectivity index is 1.74. The van der Waals surface area contributed by atoms with Crippen LogP contribution < -0.4 is 10.6 Å². The van der Waals surface area contributed by atoms with E-state index >= 15 is 0 Å². The van der Waals surface area contributed by atoms with Crippen molar-refractivity contribution in [2.24, 2.45) is 0 Å². The summed E-state index contributed by atoms with van der Waals surface area (Å²) in [5, 5.41) is 7.10. The fourth-order valence-corrected chi connectivity index (χ4v) is 4.22. The fraction of sp³-hybridized carbons (Fsp3) is 0.174. The van der Waals surface area contributed by atoms with Gasteiger partial charge in [-0.3, -0.25) is 0 Å². The Morgan fingerprint density at radius 1 is 1.00 bits per heavy atom. The molecule has 3 aromatic rings. The molecule has 0 bridgehead atoms. The van der Waals surface area contributed by atoms with Gasteiger partial charge in [0.1, 0.15) is 5.00 Å². The zero-order valence-corrected chi connectivity index (χ0v) is 18.8. The van der Waals surface area contributed by atoms with E-state index in [0.29, 0.717) is 33.3 Å². The summed E-state index contributed by atoms with van der Waals surface area (Å²) in [7, 11) is 1.34. The fourth-order valence-electron chi connectivity index (χ4n) is 2.85. The number of thiocarbonyl (C=S) groups is 1. The van der Waals surface area contributed by atoms with E-state index in [1.165, 1.54) is 18.4 Å². The lowest BCUT2D eigenvalue weighted by Crippen LogP contribution is -2.20. The Hall–Kier alpha value is -3.23. The quantitative estimate of drug-likeness (QED) is 0.379. The molecule has 6 nitrogen and oxygen atoms in total. The van der Waals surface area contributed by atoms with E-state index in [4.69, 9.17) is 21.7 Å². The van der Waals surface area contributed by atoms with E-state index < -0.39 is 11.9 Å². The van der Waals surface area contributed by atoms with Crippen LogP contribution in [-0.2, 0) is 15.9 Å². The number of benzene rings is 2. The number of methoxy groups -OCH3 is 1. The molecule has 3 rings (SSSR count). The van der Waals surface area contributed by atoms with Gasteiger partial charge < -0.3 is 20.1 Å². The molecule has 2 aromatic carbocycles. The molecule has 0 saturated heterocycles. The maximum Gasteiger partial charge on any atom is 0.341 e. The molecule has 2 N–H and O–H groups in total. The topological polar surface area (TPSA) is 76.7 Å². The second kappa shape index (κ2) is 10.7. The molecule has 0 atom stereocenters. The highest BCUT2D eigenvalue weighted by Crippen LogP contribution is 2.31. The Labute approximate surface area is 190 Å².